The van der Waals surface area contributed by atoms with E-state index in [1.165, 1.54) is 115 Å². The number of nitrogens with zero attached hydrogens (tertiary/aromatic N) is 1. The normalized spacial score (nSPS) is 25.6. The molecular formula is C30H45F2N. The molecule has 0 spiro atoms. The molecule has 0 aliphatic heterocycles. The summed E-state index contributed by atoms with van der Waals surface area (Å²) >= 11 is 0. The second kappa shape index (κ2) is 14.1. The molecule has 0 amide bonds. The van der Waals surface area contributed by atoms with Crippen LogP contribution in [0.3, 0.4) is 0 Å². The lowest BCUT2D eigenvalue weighted by molar-refractivity contribution is 0.222. The Morgan fingerprint density at radius 1 is 0.697 bits per heavy atom. The van der Waals surface area contributed by atoms with E-state index in [0.29, 0.717) is 0 Å². The van der Waals surface area contributed by atoms with Crippen molar-refractivity contribution in [1.29, 1.82) is 5.26 Å². The molecule has 0 bridgehead atoms. The van der Waals surface area contributed by atoms with Crippen molar-refractivity contribution in [2.24, 2.45) is 17.8 Å². The highest BCUT2D eigenvalue weighted by atomic mass is 19.1. The van der Waals surface area contributed by atoms with Crippen LogP contribution in [0.25, 0.3) is 0 Å². The van der Waals surface area contributed by atoms with Gasteiger partial charge in [-0.25, -0.2) is 8.78 Å². The Morgan fingerprint density at radius 3 is 1.67 bits per heavy atom. The Hall–Kier alpha value is -1.43. The van der Waals surface area contributed by atoms with Crippen molar-refractivity contribution in [3.8, 4) is 6.07 Å². The number of hydrogen-bond donors (Lipinski definition) is 0. The fraction of sp³-hybridized carbons (Fsp3) is 0.767. The molecule has 0 heterocycles. The molecule has 0 N–H and O–H groups in total. The molecule has 1 aromatic carbocycles. The van der Waals surface area contributed by atoms with Crippen molar-refractivity contribution in [3.05, 3.63) is 34.9 Å². The van der Waals surface area contributed by atoms with Crippen LogP contribution in [-0.2, 0) is 0 Å². The highest BCUT2D eigenvalue weighted by Crippen LogP contribution is 2.40. The van der Waals surface area contributed by atoms with E-state index in [1.54, 1.807) is 6.07 Å². The van der Waals surface area contributed by atoms with E-state index in [9.17, 15) is 8.78 Å². The van der Waals surface area contributed by atoms with Crippen LogP contribution in [0.4, 0.5) is 8.78 Å². The van der Waals surface area contributed by atoms with E-state index in [-0.39, 0.29) is 5.92 Å². The molecule has 0 atom stereocenters. The zero-order valence-corrected chi connectivity index (χ0v) is 20.9. The fourth-order valence-electron chi connectivity index (χ4n) is 6.39. The van der Waals surface area contributed by atoms with Crippen molar-refractivity contribution in [3.63, 3.8) is 0 Å². The van der Waals surface area contributed by atoms with Crippen molar-refractivity contribution < 1.29 is 8.78 Å². The van der Waals surface area contributed by atoms with Crippen molar-refractivity contribution >= 4 is 0 Å². The van der Waals surface area contributed by atoms with Gasteiger partial charge in [-0.15, -0.1) is 0 Å². The molecule has 2 aliphatic rings. The maximum Gasteiger partial charge on any atom is 0.144 e. The van der Waals surface area contributed by atoms with Crippen LogP contribution in [-0.4, -0.2) is 0 Å². The van der Waals surface area contributed by atoms with Gasteiger partial charge in [-0.2, -0.15) is 5.26 Å². The SMILES string of the molecule is CCCCCCCCCC1CCC(CCC2CCC(c3cc(F)c(C#N)c(F)c3)CC2)CC1. The van der Waals surface area contributed by atoms with Gasteiger partial charge in [0.15, 0.2) is 0 Å². The molecule has 1 nitrogen and oxygen atoms in total. The number of hydrogen-bond acceptors (Lipinski definition) is 1. The lowest BCUT2D eigenvalue weighted by Gasteiger charge is -2.32. The molecule has 0 radical (unpaired) electrons. The quantitative estimate of drug-likeness (QED) is 0.286. The summed E-state index contributed by atoms with van der Waals surface area (Å²) in [5, 5.41) is 8.87. The summed E-state index contributed by atoms with van der Waals surface area (Å²) < 4.78 is 28.0. The first-order valence-electron chi connectivity index (χ1n) is 14.0. The van der Waals surface area contributed by atoms with Gasteiger partial charge >= 0.3 is 0 Å². The fourth-order valence-corrected chi connectivity index (χ4v) is 6.39. The first-order chi connectivity index (χ1) is 16.1. The van der Waals surface area contributed by atoms with E-state index in [1.807, 2.05) is 0 Å². The van der Waals surface area contributed by atoms with Gasteiger partial charge in [-0.05, 0) is 67.1 Å². The summed E-state index contributed by atoms with van der Waals surface area (Å²) in [6, 6.07) is 4.40. The molecule has 184 valence electrons. The smallest absolute Gasteiger partial charge is 0.144 e. The molecule has 1 aromatic rings. The van der Waals surface area contributed by atoms with Crippen LogP contribution >= 0.6 is 0 Å². The molecule has 2 fully saturated rings. The summed E-state index contributed by atoms with van der Waals surface area (Å²) in [4.78, 5) is 0. The van der Waals surface area contributed by atoms with Crippen LogP contribution in [0.1, 0.15) is 140 Å². The van der Waals surface area contributed by atoms with Gasteiger partial charge in [0, 0.05) is 0 Å². The van der Waals surface area contributed by atoms with Gasteiger partial charge in [0.1, 0.15) is 23.3 Å². The summed E-state index contributed by atoms with van der Waals surface area (Å²) in [6.45, 7) is 2.28. The molecule has 0 unspecified atom stereocenters. The lowest BCUT2D eigenvalue weighted by Crippen LogP contribution is -2.18. The van der Waals surface area contributed by atoms with Gasteiger partial charge in [-0.3, -0.25) is 0 Å². The van der Waals surface area contributed by atoms with E-state index in [2.05, 4.69) is 6.92 Å². The van der Waals surface area contributed by atoms with Crippen LogP contribution < -0.4 is 0 Å². The molecule has 0 saturated heterocycles. The first kappa shape index (κ1) is 26.2. The Morgan fingerprint density at radius 2 is 1.15 bits per heavy atom. The average Bonchev–Trinajstić information content (AvgIpc) is 2.83. The number of unbranched alkanes of at least 4 members (excludes halogenated alkanes) is 6. The van der Waals surface area contributed by atoms with Gasteiger partial charge in [0.2, 0.25) is 0 Å². The first-order valence-corrected chi connectivity index (χ1v) is 14.0. The van der Waals surface area contributed by atoms with Gasteiger partial charge in [0.05, 0.1) is 0 Å². The molecule has 2 aliphatic carbocycles. The zero-order valence-electron chi connectivity index (χ0n) is 20.9. The molecular weight excluding hydrogens is 412 g/mol. The van der Waals surface area contributed by atoms with Crippen molar-refractivity contribution in [2.75, 3.05) is 0 Å². The van der Waals surface area contributed by atoms with Gasteiger partial charge in [-0.1, -0.05) is 96.8 Å². The number of benzene rings is 1. The van der Waals surface area contributed by atoms with Crippen LogP contribution in [0, 0.1) is 40.7 Å². The molecule has 2 saturated carbocycles. The molecule has 33 heavy (non-hydrogen) atoms. The lowest BCUT2D eigenvalue weighted by atomic mass is 9.74. The minimum Gasteiger partial charge on any atom is -0.205 e. The number of nitriles is 1. The highest BCUT2D eigenvalue weighted by Gasteiger charge is 2.26. The van der Waals surface area contributed by atoms with Crippen LogP contribution in [0.5, 0.6) is 0 Å². The molecule has 3 heteroatoms. The Bertz CT molecular complexity index is 713. The van der Waals surface area contributed by atoms with E-state index < -0.39 is 17.2 Å². The van der Waals surface area contributed by atoms with Gasteiger partial charge in [0.25, 0.3) is 0 Å². The van der Waals surface area contributed by atoms with E-state index in [4.69, 9.17) is 5.26 Å². The summed E-state index contributed by atoms with van der Waals surface area (Å²) in [5.74, 6) is 1.50. The summed E-state index contributed by atoms with van der Waals surface area (Å²) in [5.41, 5.74) is 0.284. The standard InChI is InChI=1S/C30H45F2N/c1-2-3-4-5-6-7-8-9-23-10-12-24(13-11-23)14-15-25-16-18-26(19-17-25)27-20-29(31)28(22-33)30(32)21-27/h20-21,23-26H,2-19H2,1H3. The maximum atomic E-state index is 14.0. The highest BCUT2D eigenvalue weighted by molar-refractivity contribution is 5.36. The molecule has 0 aromatic heterocycles. The largest absolute Gasteiger partial charge is 0.205 e. The Labute approximate surface area is 201 Å². The van der Waals surface area contributed by atoms with E-state index in [0.717, 1.165) is 36.2 Å². The van der Waals surface area contributed by atoms with Crippen molar-refractivity contribution in [1.82, 2.24) is 0 Å². The third kappa shape index (κ3) is 8.38. The van der Waals surface area contributed by atoms with Crippen molar-refractivity contribution in [2.45, 2.75) is 128 Å². The second-order valence-corrected chi connectivity index (χ2v) is 11.1. The Kier molecular flexibility index (Phi) is 11.2. The summed E-state index contributed by atoms with van der Waals surface area (Å²) in [7, 11) is 0. The predicted octanol–water partition coefficient (Wildman–Crippen LogP) is 9.84. The Balaban J connectivity index is 1.27. The van der Waals surface area contributed by atoms with Crippen LogP contribution in [0.15, 0.2) is 12.1 Å². The monoisotopic (exact) mass is 457 g/mol. The maximum absolute atomic E-state index is 14.0. The average molecular weight is 458 g/mol. The molecule has 3 rings (SSSR count). The second-order valence-electron chi connectivity index (χ2n) is 11.1. The zero-order chi connectivity index (χ0) is 23.5. The topological polar surface area (TPSA) is 23.8 Å². The minimum absolute atomic E-state index is 0.236. The minimum atomic E-state index is -0.711. The third-order valence-electron chi connectivity index (χ3n) is 8.66. The number of halogens is 2. The van der Waals surface area contributed by atoms with Crippen LogP contribution in [0.2, 0.25) is 0 Å². The van der Waals surface area contributed by atoms with E-state index >= 15 is 0 Å². The number of rotatable bonds is 12. The van der Waals surface area contributed by atoms with Gasteiger partial charge < -0.3 is 0 Å². The third-order valence-corrected chi connectivity index (χ3v) is 8.66. The predicted molar refractivity (Wildman–Crippen MR) is 133 cm³/mol. The summed E-state index contributed by atoms with van der Waals surface area (Å²) in [6.07, 6.45) is 24.2.